The van der Waals surface area contributed by atoms with Gasteiger partial charge in [-0.15, -0.1) is 0 Å². The van der Waals surface area contributed by atoms with Gasteiger partial charge in [0.05, 0.1) is 17.2 Å². The van der Waals surface area contributed by atoms with E-state index in [-0.39, 0.29) is 11.9 Å². The number of ether oxygens (including phenoxy) is 1. The lowest BCUT2D eigenvalue weighted by molar-refractivity contribution is 0.0524. The molecule has 3 rings (SSSR count). The maximum absolute atomic E-state index is 12.7. The van der Waals surface area contributed by atoms with E-state index in [1.54, 1.807) is 6.07 Å². The van der Waals surface area contributed by atoms with Crippen LogP contribution in [0.1, 0.15) is 48.2 Å². The Bertz CT molecular complexity index is 1030. The smallest absolute Gasteiger partial charge is 0.340 e. The van der Waals surface area contributed by atoms with E-state index >= 15 is 0 Å². The van der Waals surface area contributed by atoms with Crippen LogP contribution in [0.4, 0.5) is 5.69 Å². The predicted octanol–water partition coefficient (Wildman–Crippen LogP) is 6.88. The van der Waals surface area contributed by atoms with Gasteiger partial charge in [0.1, 0.15) is 0 Å². The van der Waals surface area contributed by atoms with Crippen LogP contribution in [-0.2, 0) is 11.3 Å². The number of benzene rings is 2. The molecule has 158 valence electrons. The molecule has 0 atom stereocenters. The Morgan fingerprint density at radius 2 is 1.77 bits per heavy atom. The van der Waals surface area contributed by atoms with Crippen LogP contribution in [-0.4, -0.2) is 17.1 Å². The molecule has 0 bridgehead atoms. The van der Waals surface area contributed by atoms with Crippen molar-refractivity contribution in [2.45, 2.75) is 43.2 Å². The van der Waals surface area contributed by atoms with Gasteiger partial charge in [0.2, 0.25) is 0 Å². The van der Waals surface area contributed by atoms with Gasteiger partial charge < -0.3 is 15.0 Å². The van der Waals surface area contributed by atoms with Crippen LogP contribution in [0.25, 0.3) is 0 Å². The average Bonchev–Trinajstić information content (AvgIpc) is 3.01. The van der Waals surface area contributed by atoms with Gasteiger partial charge in [-0.3, -0.25) is 0 Å². The van der Waals surface area contributed by atoms with Gasteiger partial charge in [0.25, 0.3) is 0 Å². The molecule has 0 saturated heterocycles. The maximum atomic E-state index is 12.7. The number of rotatable bonds is 7. The van der Waals surface area contributed by atoms with Gasteiger partial charge in [-0.05, 0) is 48.7 Å². The van der Waals surface area contributed by atoms with Crippen molar-refractivity contribution in [1.29, 1.82) is 0 Å². The summed E-state index contributed by atoms with van der Waals surface area (Å²) in [4.78, 5) is 13.6. The van der Waals surface area contributed by atoms with Crippen molar-refractivity contribution in [2.24, 2.45) is 0 Å². The zero-order valence-corrected chi connectivity index (χ0v) is 19.4. The van der Waals surface area contributed by atoms with Gasteiger partial charge >= 0.3 is 5.97 Å². The quantitative estimate of drug-likeness (QED) is 0.307. The van der Waals surface area contributed by atoms with E-state index in [0.29, 0.717) is 34.4 Å². The first-order valence-electron chi connectivity index (χ1n) is 9.67. The summed E-state index contributed by atoms with van der Waals surface area (Å²) in [7, 11) is 0. The summed E-state index contributed by atoms with van der Waals surface area (Å²) < 4.78 is 7.40. The summed E-state index contributed by atoms with van der Waals surface area (Å²) in [5, 5.41) is 2.10. The lowest BCUT2D eigenvalue weighted by atomic mass is 10.0. The van der Waals surface area contributed by atoms with E-state index in [9.17, 15) is 4.79 Å². The highest BCUT2D eigenvalue weighted by molar-refractivity contribution is 7.99. The molecule has 0 amide bonds. The number of nitrogens with two attached hydrogens (primary N) is 1. The van der Waals surface area contributed by atoms with Crippen LogP contribution in [0, 0.1) is 0 Å². The number of carbonyl (C=O) groups is 1. The van der Waals surface area contributed by atoms with Crippen LogP contribution in [0.3, 0.4) is 0 Å². The number of aromatic nitrogens is 1. The van der Waals surface area contributed by atoms with E-state index in [2.05, 4.69) is 18.4 Å². The van der Waals surface area contributed by atoms with Gasteiger partial charge in [0.15, 0.2) is 0 Å². The summed E-state index contributed by atoms with van der Waals surface area (Å²) in [6.45, 7) is 6.87. The molecule has 0 aliphatic carbocycles. The van der Waals surface area contributed by atoms with Crippen LogP contribution < -0.4 is 5.73 Å². The standard InChI is InChI=1S/C23H24Cl2N2O2S/c1-4-29-23(28)20-13-27(12-15-5-7-18(26)8-6-15)22(21(20)14(2)3)30-19-10-16(24)9-17(25)11-19/h5-11,13-14H,4,12,26H2,1-3H3. The number of nitrogen functional groups attached to an aromatic ring is 1. The molecule has 0 saturated carbocycles. The van der Waals surface area contributed by atoms with Crippen molar-refractivity contribution in [2.75, 3.05) is 12.3 Å². The van der Waals surface area contributed by atoms with E-state index < -0.39 is 0 Å². The molecule has 0 aliphatic rings. The topological polar surface area (TPSA) is 57.2 Å². The Kier molecular flexibility index (Phi) is 7.40. The molecule has 0 spiro atoms. The van der Waals surface area contributed by atoms with Crippen molar-refractivity contribution in [3.63, 3.8) is 0 Å². The Labute approximate surface area is 191 Å². The average molecular weight is 463 g/mol. The molecule has 0 radical (unpaired) electrons. The van der Waals surface area contributed by atoms with E-state index in [4.69, 9.17) is 33.7 Å². The summed E-state index contributed by atoms with van der Waals surface area (Å²) in [5.74, 6) is -0.197. The fourth-order valence-electron chi connectivity index (χ4n) is 3.23. The molecular formula is C23H24Cl2N2O2S. The predicted molar refractivity (Wildman–Crippen MR) is 125 cm³/mol. The third-order valence-electron chi connectivity index (χ3n) is 4.52. The minimum Gasteiger partial charge on any atom is -0.462 e. The fourth-order valence-corrected chi connectivity index (χ4v) is 5.17. The van der Waals surface area contributed by atoms with E-state index in [1.807, 2.05) is 49.5 Å². The Hall–Kier alpha value is -2.08. The monoisotopic (exact) mass is 462 g/mol. The lowest BCUT2D eigenvalue weighted by Gasteiger charge is -2.14. The first-order valence-corrected chi connectivity index (χ1v) is 11.2. The second-order valence-electron chi connectivity index (χ2n) is 7.21. The second-order valence-corrected chi connectivity index (χ2v) is 9.15. The lowest BCUT2D eigenvalue weighted by Crippen LogP contribution is -2.07. The van der Waals surface area contributed by atoms with Crippen molar-refractivity contribution in [1.82, 2.24) is 4.57 Å². The fraction of sp³-hybridized carbons (Fsp3) is 0.261. The number of nitrogens with zero attached hydrogens (tertiary/aromatic N) is 1. The number of anilines is 1. The number of halogens is 2. The van der Waals surface area contributed by atoms with E-state index in [1.165, 1.54) is 11.8 Å². The second kappa shape index (κ2) is 9.82. The van der Waals surface area contributed by atoms with Gasteiger partial charge in [-0.25, -0.2) is 4.79 Å². The molecule has 30 heavy (non-hydrogen) atoms. The van der Waals surface area contributed by atoms with E-state index in [0.717, 1.165) is 21.0 Å². The Balaban J connectivity index is 2.11. The molecule has 0 unspecified atom stereocenters. The molecular weight excluding hydrogens is 439 g/mol. The number of carbonyl (C=O) groups excluding carboxylic acids is 1. The largest absolute Gasteiger partial charge is 0.462 e. The number of hydrogen-bond donors (Lipinski definition) is 1. The summed E-state index contributed by atoms with van der Waals surface area (Å²) >= 11 is 14.0. The third-order valence-corrected chi connectivity index (χ3v) is 6.08. The van der Waals surface area contributed by atoms with Crippen molar-refractivity contribution >= 4 is 46.6 Å². The molecule has 4 nitrogen and oxygen atoms in total. The van der Waals surface area contributed by atoms with Crippen LogP contribution in [0.5, 0.6) is 0 Å². The molecule has 1 aromatic heterocycles. The minimum absolute atomic E-state index is 0.120. The van der Waals surface area contributed by atoms with Crippen molar-refractivity contribution in [3.05, 3.63) is 75.4 Å². The van der Waals surface area contributed by atoms with Gasteiger partial charge in [-0.1, -0.05) is 60.9 Å². The maximum Gasteiger partial charge on any atom is 0.340 e. The molecule has 1 heterocycles. The van der Waals surface area contributed by atoms with Gasteiger partial charge in [-0.2, -0.15) is 0 Å². The van der Waals surface area contributed by atoms with Crippen LogP contribution in [0.15, 0.2) is 58.6 Å². The normalized spacial score (nSPS) is 11.1. The highest BCUT2D eigenvalue weighted by Crippen LogP contribution is 2.39. The molecule has 2 N–H and O–H groups in total. The first kappa shape index (κ1) is 22.6. The molecule has 7 heteroatoms. The summed E-state index contributed by atoms with van der Waals surface area (Å²) in [6.07, 6.45) is 1.87. The highest BCUT2D eigenvalue weighted by Gasteiger charge is 2.25. The summed E-state index contributed by atoms with van der Waals surface area (Å²) in [6, 6.07) is 13.2. The molecule has 0 fully saturated rings. The molecule has 2 aromatic carbocycles. The van der Waals surface area contributed by atoms with Crippen LogP contribution >= 0.6 is 35.0 Å². The van der Waals surface area contributed by atoms with Crippen LogP contribution in [0.2, 0.25) is 10.0 Å². The molecule has 3 aromatic rings. The van der Waals surface area contributed by atoms with Crippen molar-refractivity contribution in [3.8, 4) is 0 Å². The third kappa shape index (κ3) is 5.34. The Morgan fingerprint density at radius 1 is 1.13 bits per heavy atom. The summed E-state index contributed by atoms with van der Waals surface area (Å²) in [5.41, 5.74) is 9.15. The van der Waals surface area contributed by atoms with Gasteiger partial charge in [0, 0.05) is 38.9 Å². The highest BCUT2D eigenvalue weighted by atomic mass is 35.5. The first-order chi connectivity index (χ1) is 14.3. The Morgan fingerprint density at radius 3 is 2.33 bits per heavy atom. The number of hydrogen-bond acceptors (Lipinski definition) is 4. The van der Waals surface area contributed by atoms with Crippen molar-refractivity contribution < 1.29 is 9.53 Å². The number of esters is 1. The zero-order valence-electron chi connectivity index (χ0n) is 17.1. The molecule has 0 aliphatic heterocycles. The SMILES string of the molecule is CCOC(=O)c1cn(Cc2ccc(N)cc2)c(Sc2cc(Cl)cc(Cl)c2)c1C(C)C. The zero-order chi connectivity index (χ0) is 21.8. The minimum atomic E-state index is -0.316.